The molecule has 3 aromatic rings. The van der Waals surface area contributed by atoms with E-state index in [1.807, 2.05) is 25.1 Å². The summed E-state index contributed by atoms with van der Waals surface area (Å²) >= 11 is 0. The third kappa shape index (κ3) is 5.63. The van der Waals surface area contributed by atoms with Crippen molar-refractivity contribution >= 4 is 22.8 Å². The Bertz CT molecular complexity index is 1110. The Morgan fingerprint density at radius 1 is 1.06 bits per heavy atom. The molecule has 174 valence electrons. The lowest BCUT2D eigenvalue weighted by Gasteiger charge is -2.24. The monoisotopic (exact) mass is 453 g/mol. The fourth-order valence-electron chi connectivity index (χ4n) is 3.77. The fraction of sp³-hybridized carbons (Fsp3) is 0.333. The van der Waals surface area contributed by atoms with Gasteiger partial charge in [0.1, 0.15) is 29.9 Å². The molecule has 1 aromatic heterocycles. The molecule has 9 heteroatoms. The number of hydrogen-bond donors (Lipinski definition) is 3. The molecule has 0 bridgehead atoms. The molecule has 2 amide bonds. The second-order valence-electron chi connectivity index (χ2n) is 7.84. The zero-order valence-electron chi connectivity index (χ0n) is 18.4. The van der Waals surface area contributed by atoms with Gasteiger partial charge in [-0.2, -0.15) is 0 Å². The van der Waals surface area contributed by atoms with Gasteiger partial charge in [0.2, 0.25) is 0 Å². The van der Waals surface area contributed by atoms with Crippen LogP contribution in [0.3, 0.4) is 0 Å². The Balaban J connectivity index is 1.27. The summed E-state index contributed by atoms with van der Waals surface area (Å²) in [6, 6.07) is 13.5. The number of furan rings is 1. The van der Waals surface area contributed by atoms with Crippen molar-refractivity contribution in [2.24, 2.45) is 0 Å². The molecule has 0 saturated carbocycles. The van der Waals surface area contributed by atoms with E-state index in [4.69, 9.17) is 19.1 Å². The molecule has 4 rings (SSSR count). The quantitative estimate of drug-likeness (QED) is 0.259. The summed E-state index contributed by atoms with van der Waals surface area (Å²) in [5.41, 5.74) is 2.49. The number of likely N-dealkylation sites (tertiary alicyclic amines) is 1. The van der Waals surface area contributed by atoms with Gasteiger partial charge in [0.25, 0.3) is 11.8 Å². The molecule has 3 N–H and O–H groups in total. The summed E-state index contributed by atoms with van der Waals surface area (Å²) in [4.78, 5) is 26.1. The summed E-state index contributed by atoms with van der Waals surface area (Å²) in [5.74, 6) is 0.565. The molecule has 1 unspecified atom stereocenters. The standard InChI is InChI=1S/C24H27N3O6/c1-16(27-11-2-3-12-27)32-20-8-9-21-18(14-20)15-22(33-21)24(29)25-10-13-31-19-6-4-17(5-7-19)23(28)26-30/h4-9,14-16,30H,2-3,10-13H2,1H3,(H,25,29)(H,26,28). The van der Waals surface area contributed by atoms with Crippen molar-refractivity contribution < 1.29 is 28.7 Å². The second kappa shape index (κ2) is 10.4. The molecule has 1 aliphatic heterocycles. The summed E-state index contributed by atoms with van der Waals surface area (Å²) in [7, 11) is 0. The lowest BCUT2D eigenvalue weighted by atomic mass is 10.2. The predicted octanol–water partition coefficient (Wildman–Crippen LogP) is 3.18. The third-order valence-electron chi connectivity index (χ3n) is 5.55. The first-order chi connectivity index (χ1) is 16.0. The van der Waals surface area contributed by atoms with Crippen LogP contribution in [0.4, 0.5) is 0 Å². The Morgan fingerprint density at radius 3 is 2.52 bits per heavy atom. The first-order valence-corrected chi connectivity index (χ1v) is 10.9. The van der Waals surface area contributed by atoms with Crippen molar-refractivity contribution in [1.82, 2.24) is 15.7 Å². The molecule has 9 nitrogen and oxygen atoms in total. The number of hydrogen-bond acceptors (Lipinski definition) is 7. The van der Waals surface area contributed by atoms with Gasteiger partial charge in [-0.15, -0.1) is 0 Å². The van der Waals surface area contributed by atoms with E-state index in [-0.39, 0.29) is 31.0 Å². The van der Waals surface area contributed by atoms with E-state index in [2.05, 4.69) is 10.2 Å². The first kappa shape index (κ1) is 22.6. The van der Waals surface area contributed by atoms with Crippen LogP contribution >= 0.6 is 0 Å². The van der Waals surface area contributed by atoms with Gasteiger partial charge in [-0.1, -0.05) is 0 Å². The zero-order chi connectivity index (χ0) is 23.2. The van der Waals surface area contributed by atoms with Crippen LogP contribution in [0.15, 0.2) is 52.9 Å². The van der Waals surface area contributed by atoms with Gasteiger partial charge in [0, 0.05) is 24.0 Å². The van der Waals surface area contributed by atoms with Crippen molar-refractivity contribution in [1.29, 1.82) is 0 Å². The van der Waals surface area contributed by atoms with Crippen LogP contribution in [-0.2, 0) is 0 Å². The minimum atomic E-state index is -0.598. The number of carbonyl (C=O) groups excluding carboxylic acids is 2. The maximum atomic E-state index is 12.4. The van der Waals surface area contributed by atoms with E-state index in [9.17, 15) is 9.59 Å². The number of fused-ring (bicyclic) bond motifs is 1. The molecule has 0 aliphatic carbocycles. The Labute approximate surface area is 191 Å². The number of rotatable bonds is 9. The highest BCUT2D eigenvalue weighted by Gasteiger charge is 2.19. The number of hydroxylamine groups is 1. The Kier molecular flexibility index (Phi) is 7.11. The number of carbonyl (C=O) groups is 2. The van der Waals surface area contributed by atoms with Crippen molar-refractivity contribution in [2.75, 3.05) is 26.2 Å². The van der Waals surface area contributed by atoms with Crippen molar-refractivity contribution in [3.05, 3.63) is 59.9 Å². The molecular weight excluding hydrogens is 426 g/mol. The van der Waals surface area contributed by atoms with Gasteiger partial charge in [0.05, 0.1) is 6.54 Å². The summed E-state index contributed by atoms with van der Waals surface area (Å²) in [6.45, 7) is 4.66. The van der Waals surface area contributed by atoms with Crippen molar-refractivity contribution in [3.63, 3.8) is 0 Å². The van der Waals surface area contributed by atoms with E-state index in [1.165, 1.54) is 25.0 Å². The molecule has 0 spiro atoms. The number of ether oxygens (including phenoxy) is 2. The average molecular weight is 453 g/mol. The van der Waals surface area contributed by atoms with Gasteiger partial charge in [-0.25, -0.2) is 5.48 Å². The van der Waals surface area contributed by atoms with Crippen LogP contribution < -0.4 is 20.3 Å². The number of nitrogens with one attached hydrogen (secondary N) is 2. The molecule has 1 fully saturated rings. The van der Waals surface area contributed by atoms with Crippen LogP contribution in [-0.4, -0.2) is 54.4 Å². The van der Waals surface area contributed by atoms with Gasteiger partial charge >= 0.3 is 0 Å². The maximum absolute atomic E-state index is 12.4. The highest BCUT2D eigenvalue weighted by Crippen LogP contribution is 2.26. The predicted molar refractivity (Wildman–Crippen MR) is 121 cm³/mol. The van der Waals surface area contributed by atoms with E-state index in [0.717, 1.165) is 24.2 Å². The van der Waals surface area contributed by atoms with E-state index >= 15 is 0 Å². The Morgan fingerprint density at radius 2 is 1.79 bits per heavy atom. The molecule has 1 atom stereocenters. The van der Waals surface area contributed by atoms with Crippen LogP contribution in [0.25, 0.3) is 11.0 Å². The maximum Gasteiger partial charge on any atom is 0.287 e. The van der Waals surface area contributed by atoms with Crippen molar-refractivity contribution in [3.8, 4) is 11.5 Å². The van der Waals surface area contributed by atoms with Crippen LogP contribution in [0.1, 0.15) is 40.7 Å². The van der Waals surface area contributed by atoms with Crippen LogP contribution in [0.5, 0.6) is 11.5 Å². The molecule has 2 aromatic carbocycles. The molecule has 1 aliphatic rings. The normalized spacial score (nSPS) is 14.7. The lowest BCUT2D eigenvalue weighted by molar-refractivity contribution is 0.0593. The van der Waals surface area contributed by atoms with Crippen molar-refractivity contribution in [2.45, 2.75) is 26.0 Å². The second-order valence-corrected chi connectivity index (χ2v) is 7.84. The minimum absolute atomic E-state index is 0.00246. The van der Waals surface area contributed by atoms with E-state index in [1.54, 1.807) is 23.7 Å². The summed E-state index contributed by atoms with van der Waals surface area (Å²) in [6.07, 6.45) is 2.41. The van der Waals surface area contributed by atoms with Crippen LogP contribution in [0, 0.1) is 0 Å². The smallest absolute Gasteiger partial charge is 0.287 e. The molecular formula is C24H27N3O6. The highest BCUT2D eigenvalue weighted by molar-refractivity contribution is 5.96. The van der Waals surface area contributed by atoms with Gasteiger partial charge in [-0.05, 0) is 68.3 Å². The van der Waals surface area contributed by atoms with E-state index < -0.39 is 5.91 Å². The Hall–Kier alpha value is -3.56. The number of amides is 2. The topological polar surface area (TPSA) is 113 Å². The largest absolute Gasteiger partial charge is 0.492 e. The summed E-state index contributed by atoms with van der Waals surface area (Å²) in [5, 5.41) is 12.2. The van der Waals surface area contributed by atoms with Gasteiger partial charge in [0.15, 0.2) is 5.76 Å². The average Bonchev–Trinajstić information content (AvgIpc) is 3.51. The third-order valence-corrected chi connectivity index (χ3v) is 5.55. The fourth-order valence-corrected chi connectivity index (χ4v) is 3.77. The highest BCUT2D eigenvalue weighted by atomic mass is 16.5. The molecule has 1 saturated heterocycles. The SMILES string of the molecule is CC(Oc1ccc2oc(C(=O)NCCOc3ccc(C(=O)NO)cc3)cc2c1)N1CCCC1. The number of nitrogens with zero attached hydrogens (tertiary/aromatic N) is 1. The molecule has 0 radical (unpaired) electrons. The number of benzene rings is 2. The minimum Gasteiger partial charge on any atom is -0.492 e. The molecule has 33 heavy (non-hydrogen) atoms. The zero-order valence-corrected chi connectivity index (χ0v) is 18.4. The molecule has 2 heterocycles. The van der Waals surface area contributed by atoms with E-state index in [0.29, 0.717) is 16.9 Å². The van der Waals surface area contributed by atoms with Gasteiger partial charge < -0.3 is 19.2 Å². The lowest BCUT2D eigenvalue weighted by Crippen LogP contribution is -2.34. The van der Waals surface area contributed by atoms with Gasteiger partial charge in [-0.3, -0.25) is 19.7 Å². The first-order valence-electron chi connectivity index (χ1n) is 10.9. The van der Waals surface area contributed by atoms with Crippen LogP contribution in [0.2, 0.25) is 0 Å². The summed E-state index contributed by atoms with van der Waals surface area (Å²) < 4.78 is 17.3.